The Labute approximate surface area is 144 Å². The van der Waals surface area contributed by atoms with Gasteiger partial charge in [-0.1, -0.05) is 45.0 Å². The molecule has 1 aromatic carbocycles. The third-order valence-corrected chi connectivity index (χ3v) is 3.93. The molecule has 0 fully saturated rings. The SMILES string of the molecule is CCOC(=O)C1=C(CC)NC(N)=NC1c1ccc(CC(C)C)cc1. The average molecular weight is 329 g/mol. The zero-order chi connectivity index (χ0) is 17.7. The number of allylic oxidation sites excluding steroid dienone is 1. The van der Waals surface area contributed by atoms with Crippen LogP contribution in [0.1, 0.15) is 51.3 Å². The van der Waals surface area contributed by atoms with Crippen LogP contribution in [-0.4, -0.2) is 18.5 Å². The summed E-state index contributed by atoms with van der Waals surface area (Å²) >= 11 is 0. The van der Waals surface area contributed by atoms with Crippen LogP contribution >= 0.6 is 0 Å². The van der Waals surface area contributed by atoms with Crippen molar-refractivity contribution in [2.45, 2.75) is 46.6 Å². The van der Waals surface area contributed by atoms with E-state index in [4.69, 9.17) is 10.5 Å². The molecule has 5 nitrogen and oxygen atoms in total. The predicted octanol–water partition coefficient (Wildman–Crippen LogP) is 3.07. The Bertz CT molecular complexity index is 645. The first-order valence-corrected chi connectivity index (χ1v) is 8.55. The van der Waals surface area contributed by atoms with Crippen LogP contribution in [0.4, 0.5) is 0 Å². The van der Waals surface area contributed by atoms with Crippen LogP contribution in [0.3, 0.4) is 0 Å². The number of nitrogens with two attached hydrogens (primary N) is 1. The molecule has 0 amide bonds. The molecular weight excluding hydrogens is 302 g/mol. The lowest BCUT2D eigenvalue weighted by Gasteiger charge is -2.25. The van der Waals surface area contributed by atoms with Crippen molar-refractivity contribution in [3.05, 3.63) is 46.7 Å². The molecule has 0 bridgehead atoms. The summed E-state index contributed by atoms with van der Waals surface area (Å²) in [6.07, 6.45) is 1.69. The molecular formula is C19H27N3O2. The summed E-state index contributed by atoms with van der Waals surface area (Å²) in [6, 6.07) is 7.82. The summed E-state index contributed by atoms with van der Waals surface area (Å²) in [5, 5.41) is 3.00. The molecule has 3 N–H and O–H groups in total. The number of aliphatic imine (C=N–C) groups is 1. The van der Waals surface area contributed by atoms with Crippen molar-refractivity contribution in [3.8, 4) is 0 Å². The van der Waals surface area contributed by atoms with Crippen molar-refractivity contribution in [2.75, 3.05) is 6.61 Å². The van der Waals surface area contributed by atoms with Gasteiger partial charge in [-0.05, 0) is 36.8 Å². The minimum Gasteiger partial charge on any atom is -0.463 e. The fraction of sp³-hybridized carbons (Fsp3) is 0.474. The van der Waals surface area contributed by atoms with Crippen LogP contribution in [-0.2, 0) is 16.0 Å². The van der Waals surface area contributed by atoms with E-state index in [0.29, 0.717) is 30.5 Å². The number of hydrogen-bond acceptors (Lipinski definition) is 5. The third-order valence-electron chi connectivity index (χ3n) is 3.93. The molecule has 1 aliphatic rings. The summed E-state index contributed by atoms with van der Waals surface area (Å²) in [5.41, 5.74) is 9.46. The molecule has 1 atom stereocenters. The van der Waals surface area contributed by atoms with Crippen LogP contribution in [0.5, 0.6) is 0 Å². The summed E-state index contributed by atoms with van der Waals surface area (Å²) in [6.45, 7) is 8.50. The van der Waals surface area contributed by atoms with E-state index in [-0.39, 0.29) is 5.97 Å². The standard InChI is InChI=1S/C19H27N3O2/c1-5-15-16(18(23)24-6-2)17(22-19(20)21-15)14-9-7-13(8-10-14)11-12(3)4/h7-10,12,17H,5-6,11H2,1-4H3,(H3,20,21,22). The molecule has 2 rings (SSSR count). The maximum absolute atomic E-state index is 12.4. The molecule has 1 aromatic rings. The minimum atomic E-state index is -0.423. The molecule has 24 heavy (non-hydrogen) atoms. The van der Waals surface area contributed by atoms with Crippen LogP contribution < -0.4 is 11.1 Å². The maximum atomic E-state index is 12.4. The van der Waals surface area contributed by atoms with Crippen molar-refractivity contribution in [3.63, 3.8) is 0 Å². The molecule has 1 heterocycles. The Balaban J connectivity index is 2.38. The summed E-state index contributed by atoms with van der Waals surface area (Å²) in [5.74, 6) is 0.593. The molecule has 1 aliphatic heterocycles. The summed E-state index contributed by atoms with van der Waals surface area (Å²) < 4.78 is 5.23. The van der Waals surface area contributed by atoms with Crippen molar-refractivity contribution in [1.82, 2.24) is 5.32 Å². The molecule has 0 saturated carbocycles. The Kier molecular flexibility index (Phi) is 6.01. The third kappa shape index (κ3) is 4.16. The number of carbonyl (C=O) groups excluding carboxylic acids is 1. The smallest absolute Gasteiger partial charge is 0.338 e. The molecule has 5 heteroatoms. The minimum absolute atomic E-state index is 0.330. The second-order valence-corrected chi connectivity index (χ2v) is 6.35. The average Bonchev–Trinajstić information content (AvgIpc) is 2.54. The van der Waals surface area contributed by atoms with Gasteiger partial charge in [-0.25, -0.2) is 9.79 Å². The van der Waals surface area contributed by atoms with Gasteiger partial charge in [-0.2, -0.15) is 0 Å². The lowest BCUT2D eigenvalue weighted by molar-refractivity contribution is -0.139. The monoisotopic (exact) mass is 329 g/mol. The Morgan fingerprint density at radius 2 is 1.96 bits per heavy atom. The Morgan fingerprint density at radius 3 is 2.50 bits per heavy atom. The fourth-order valence-corrected chi connectivity index (χ4v) is 2.89. The van der Waals surface area contributed by atoms with E-state index in [1.807, 2.05) is 19.1 Å². The van der Waals surface area contributed by atoms with E-state index in [2.05, 4.69) is 36.3 Å². The molecule has 130 valence electrons. The number of benzene rings is 1. The van der Waals surface area contributed by atoms with Crippen LogP contribution in [0.2, 0.25) is 0 Å². The van der Waals surface area contributed by atoms with Crippen molar-refractivity contribution in [2.24, 2.45) is 16.6 Å². The highest BCUT2D eigenvalue weighted by Crippen LogP contribution is 2.32. The quantitative estimate of drug-likeness (QED) is 0.786. The number of nitrogens with one attached hydrogen (secondary N) is 1. The summed E-state index contributed by atoms with van der Waals surface area (Å²) in [7, 11) is 0. The first kappa shape index (κ1) is 18.0. The second-order valence-electron chi connectivity index (χ2n) is 6.35. The molecule has 0 aromatic heterocycles. The highest BCUT2D eigenvalue weighted by atomic mass is 16.5. The van der Waals surface area contributed by atoms with Gasteiger partial charge in [0.1, 0.15) is 6.04 Å². The number of esters is 1. The predicted molar refractivity (Wildman–Crippen MR) is 96.4 cm³/mol. The normalized spacial score (nSPS) is 17.5. The van der Waals surface area contributed by atoms with Gasteiger partial charge in [-0.15, -0.1) is 0 Å². The van der Waals surface area contributed by atoms with Crippen molar-refractivity contribution in [1.29, 1.82) is 0 Å². The fourth-order valence-electron chi connectivity index (χ4n) is 2.89. The number of carbonyl (C=O) groups is 1. The van der Waals surface area contributed by atoms with Crippen LogP contribution in [0.25, 0.3) is 0 Å². The number of hydrogen-bond donors (Lipinski definition) is 2. The van der Waals surface area contributed by atoms with Gasteiger partial charge in [0.15, 0.2) is 5.96 Å². The van der Waals surface area contributed by atoms with E-state index in [0.717, 1.165) is 17.7 Å². The van der Waals surface area contributed by atoms with Gasteiger partial charge in [0.2, 0.25) is 0 Å². The van der Waals surface area contributed by atoms with Gasteiger partial charge in [0.25, 0.3) is 0 Å². The zero-order valence-corrected chi connectivity index (χ0v) is 14.9. The largest absolute Gasteiger partial charge is 0.463 e. The second kappa shape index (κ2) is 7.99. The number of nitrogens with zero attached hydrogens (tertiary/aromatic N) is 1. The van der Waals surface area contributed by atoms with Gasteiger partial charge in [0.05, 0.1) is 12.2 Å². The first-order chi connectivity index (χ1) is 11.5. The van der Waals surface area contributed by atoms with E-state index in [9.17, 15) is 4.79 Å². The molecule has 0 spiro atoms. The number of ether oxygens (including phenoxy) is 1. The lowest BCUT2D eigenvalue weighted by Crippen LogP contribution is -2.38. The van der Waals surface area contributed by atoms with Gasteiger partial charge in [-0.3, -0.25) is 0 Å². The van der Waals surface area contributed by atoms with E-state index >= 15 is 0 Å². The highest BCUT2D eigenvalue weighted by Gasteiger charge is 2.30. The van der Waals surface area contributed by atoms with Crippen LogP contribution in [0.15, 0.2) is 40.5 Å². The molecule has 0 radical (unpaired) electrons. The van der Waals surface area contributed by atoms with Crippen LogP contribution in [0, 0.1) is 5.92 Å². The molecule has 0 saturated heterocycles. The maximum Gasteiger partial charge on any atom is 0.338 e. The van der Waals surface area contributed by atoms with Gasteiger partial charge >= 0.3 is 5.97 Å². The Morgan fingerprint density at radius 1 is 1.29 bits per heavy atom. The van der Waals surface area contributed by atoms with E-state index in [1.165, 1.54) is 5.56 Å². The number of rotatable bonds is 6. The van der Waals surface area contributed by atoms with E-state index in [1.54, 1.807) is 6.92 Å². The lowest BCUT2D eigenvalue weighted by atomic mass is 9.93. The van der Waals surface area contributed by atoms with Crippen molar-refractivity contribution >= 4 is 11.9 Å². The van der Waals surface area contributed by atoms with E-state index < -0.39 is 6.04 Å². The first-order valence-electron chi connectivity index (χ1n) is 8.55. The molecule has 1 unspecified atom stereocenters. The zero-order valence-electron chi connectivity index (χ0n) is 14.9. The topological polar surface area (TPSA) is 76.7 Å². The van der Waals surface area contributed by atoms with Crippen molar-refractivity contribution < 1.29 is 9.53 Å². The highest BCUT2D eigenvalue weighted by molar-refractivity contribution is 5.95. The van der Waals surface area contributed by atoms with Gasteiger partial charge in [0, 0.05) is 5.70 Å². The number of guanidine groups is 1. The molecule has 0 aliphatic carbocycles. The van der Waals surface area contributed by atoms with Gasteiger partial charge < -0.3 is 15.8 Å². The summed E-state index contributed by atoms with van der Waals surface area (Å²) in [4.78, 5) is 16.9. The Hall–Kier alpha value is -2.30.